The minimum atomic E-state index is 0.738. The smallest absolute Gasteiger partial charge is 0.146 e. The summed E-state index contributed by atoms with van der Waals surface area (Å²) < 4.78 is 0. The summed E-state index contributed by atoms with van der Waals surface area (Å²) >= 11 is 0. The van der Waals surface area contributed by atoms with Crippen LogP contribution in [0.5, 0.6) is 0 Å². The first-order valence-corrected chi connectivity index (χ1v) is 7.64. The van der Waals surface area contributed by atoms with Crippen molar-refractivity contribution in [2.45, 2.75) is 38.6 Å². The number of nitrogens with zero attached hydrogens (tertiary/aromatic N) is 4. The zero-order valence-electron chi connectivity index (χ0n) is 12.2. The van der Waals surface area contributed by atoms with Crippen LogP contribution < -0.4 is 4.90 Å². The lowest BCUT2D eigenvalue weighted by Crippen LogP contribution is -2.50. The Morgan fingerprint density at radius 3 is 2.55 bits per heavy atom. The Hall–Kier alpha value is -1.60. The molecular weight excluding hydrogens is 248 g/mol. The van der Waals surface area contributed by atoms with E-state index < -0.39 is 0 Å². The van der Waals surface area contributed by atoms with Crippen molar-refractivity contribution in [3.05, 3.63) is 23.4 Å². The van der Waals surface area contributed by atoms with E-state index in [2.05, 4.69) is 20.9 Å². The topological polar surface area (TPSA) is 43.2 Å². The number of nitriles is 1. The summed E-state index contributed by atoms with van der Waals surface area (Å²) in [6.07, 6.45) is 7.33. The van der Waals surface area contributed by atoms with Gasteiger partial charge in [0.25, 0.3) is 0 Å². The predicted molar refractivity (Wildman–Crippen MR) is 79.7 cm³/mol. The molecule has 0 unspecified atom stereocenters. The third-order valence-corrected chi connectivity index (χ3v) is 4.71. The predicted octanol–water partition coefficient (Wildman–Crippen LogP) is 2.33. The quantitative estimate of drug-likeness (QED) is 0.827. The van der Waals surface area contributed by atoms with Crippen LogP contribution in [0.4, 0.5) is 5.82 Å². The minimum Gasteiger partial charge on any atom is -0.353 e. The SMILES string of the molecule is Cc1ccnc(N2CCN(C3CCCC3)CC2)c1C#N. The molecule has 1 aliphatic heterocycles. The Bertz CT molecular complexity index is 506. The molecule has 1 aromatic heterocycles. The van der Waals surface area contributed by atoms with E-state index in [1.54, 1.807) is 0 Å². The Kier molecular flexibility index (Phi) is 3.88. The first kappa shape index (κ1) is 13.4. The molecule has 2 aliphatic rings. The number of rotatable bonds is 2. The first-order valence-electron chi connectivity index (χ1n) is 7.64. The van der Waals surface area contributed by atoms with Crippen molar-refractivity contribution in [1.29, 1.82) is 5.26 Å². The van der Waals surface area contributed by atoms with Crippen LogP contribution in [0.25, 0.3) is 0 Å². The monoisotopic (exact) mass is 270 g/mol. The van der Waals surface area contributed by atoms with E-state index in [0.29, 0.717) is 0 Å². The van der Waals surface area contributed by atoms with Gasteiger partial charge in [-0.3, -0.25) is 4.90 Å². The maximum atomic E-state index is 9.33. The second kappa shape index (κ2) is 5.80. The second-order valence-electron chi connectivity index (χ2n) is 5.90. The van der Waals surface area contributed by atoms with Crippen LogP contribution >= 0.6 is 0 Å². The van der Waals surface area contributed by atoms with Crippen molar-refractivity contribution in [3.8, 4) is 6.07 Å². The van der Waals surface area contributed by atoms with Gasteiger partial charge in [0.15, 0.2) is 0 Å². The van der Waals surface area contributed by atoms with Gasteiger partial charge in [0.05, 0.1) is 5.56 Å². The molecule has 20 heavy (non-hydrogen) atoms. The van der Waals surface area contributed by atoms with Crippen LogP contribution in [0.1, 0.15) is 36.8 Å². The third-order valence-electron chi connectivity index (χ3n) is 4.71. The van der Waals surface area contributed by atoms with Gasteiger partial charge in [-0.05, 0) is 31.4 Å². The Balaban J connectivity index is 1.69. The Morgan fingerprint density at radius 1 is 1.20 bits per heavy atom. The molecule has 1 aromatic rings. The number of piperazine rings is 1. The molecule has 106 valence electrons. The summed E-state index contributed by atoms with van der Waals surface area (Å²) in [6.45, 7) is 6.16. The molecule has 0 aromatic carbocycles. The van der Waals surface area contributed by atoms with Crippen molar-refractivity contribution in [1.82, 2.24) is 9.88 Å². The molecule has 0 N–H and O–H groups in total. The number of hydrogen-bond acceptors (Lipinski definition) is 4. The highest BCUT2D eigenvalue weighted by molar-refractivity contribution is 5.57. The minimum absolute atomic E-state index is 0.738. The van der Waals surface area contributed by atoms with Gasteiger partial charge in [-0.25, -0.2) is 4.98 Å². The zero-order chi connectivity index (χ0) is 13.9. The van der Waals surface area contributed by atoms with Crippen LogP contribution in [0, 0.1) is 18.3 Å². The standard InChI is InChI=1S/C16H22N4/c1-13-6-7-18-16(15(13)12-17)20-10-8-19(9-11-20)14-4-2-3-5-14/h6-7,14H,2-5,8-11H2,1H3. The van der Waals surface area contributed by atoms with E-state index in [1.807, 2.05) is 19.2 Å². The number of pyridine rings is 1. The highest BCUT2D eigenvalue weighted by Gasteiger charge is 2.27. The summed E-state index contributed by atoms with van der Waals surface area (Å²) in [5, 5.41) is 9.33. The van der Waals surface area contributed by atoms with E-state index in [4.69, 9.17) is 0 Å². The molecule has 4 heteroatoms. The molecule has 1 aliphatic carbocycles. The number of aryl methyl sites for hydroxylation is 1. The lowest BCUT2D eigenvalue weighted by molar-refractivity contribution is 0.187. The molecule has 0 atom stereocenters. The first-order chi connectivity index (χ1) is 9.79. The molecular formula is C16H22N4. The lowest BCUT2D eigenvalue weighted by atomic mass is 10.1. The molecule has 2 heterocycles. The van der Waals surface area contributed by atoms with E-state index in [9.17, 15) is 5.26 Å². The largest absolute Gasteiger partial charge is 0.353 e. The summed E-state index contributed by atoms with van der Waals surface area (Å²) in [5.41, 5.74) is 1.76. The molecule has 1 saturated heterocycles. The number of aromatic nitrogens is 1. The van der Waals surface area contributed by atoms with Crippen molar-refractivity contribution in [2.24, 2.45) is 0 Å². The zero-order valence-corrected chi connectivity index (χ0v) is 12.2. The number of hydrogen-bond donors (Lipinski definition) is 0. The van der Waals surface area contributed by atoms with Gasteiger partial charge in [-0.2, -0.15) is 5.26 Å². The molecule has 0 amide bonds. The molecule has 1 saturated carbocycles. The van der Waals surface area contributed by atoms with E-state index >= 15 is 0 Å². The van der Waals surface area contributed by atoms with Gasteiger partial charge in [0.1, 0.15) is 11.9 Å². The normalized spacial score (nSPS) is 21.1. The second-order valence-corrected chi connectivity index (χ2v) is 5.90. The fourth-order valence-corrected chi connectivity index (χ4v) is 3.49. The van der Waals surface area contributed by atoms with E-state index in [1.165, 1.54) is 25.7 Å². The van der Waals surface area contributed by atoms with Crippen LogP contribution in [0.2, 0.25) is 0 Å². The molecule has 2 fully saturated rings. The lowest BCUT2D eigenvalue weighted by Gasteiger charge is -2.38. The summed E-state index contributed by atoms with van der Waals surface area (Å²) in [4.78, 5) is 9.35. The number of anilines is 1. The highest BCUT2D eigenvalue weighted by Crippen LogP contribution is 2.26. The molecule has 3 rings (SSSR count). The average Bonchev–Trinajstić information content (AvgIpc) is 3.01. The van der Waals surface area contributed by atoms with Crippen LogP contribution in [-0.2, 0) is 0 Å². The van der Waals surface area contributed by atoms with Gasteiger partial charge in [0, 0.05) is 38.4 Å². The van der Waals surface area contributed by atoms with E-state index in [-0.39, 0.29) is 0 Å². The van der Waals surface area contributed by atoms with Gasteiger partial charge in [-0.1, -0.05) is 12.8 Å². The van der Waals surface area contributed by atoms with Gasteiger partial charge in [0.2, 0.25) is 0 Å². The maximum Gasteiger partial charge on any atom is 0.146 e. The van der Waals surface area contributed by atoms with Gasteiger partial charge >= 0.3 is 0 Å². The van der Waals surface area contributed by atoms with Crippen molar-refractivity contribution < 1.29 is 0 Å². The fourth-order valence-electron chi connectivity index (χ4n) is 3.49. The van der Waals surface area contributed by atoms with Crippen LogP contribution in [-0.4, -0.2) is 42.1 Å². The molecule has 0 bridgehead atoms. The van der Waals surface area contributed by atoms with Crippen molar-refractivity contribution >= 4 is 5.82 Å². The average molecular weight is 270 g/mol. The Labute approximate surface area is 121 Å². The summed E-state index contributed by atoms with van der Waals surface area (Å²) in [7, 11) is 0. The Morgan fingerprint density at radius 2 is 1.90 bits per heavy atom. The summed E-state index contributed by atoms with van der Waals surface area (Å²) in [5.74, 6) is 0.874. The maximum absolute atomic E-state index is 9.33. The molecule has 4 nitrogen and oxygen atoms in total. The van der Waals surface area contributed by atoms with Crippen molar-refractivity contribution in [3.63, 3.8) is 0 Å². The molecule has 0 spiro atoms. The third kappa shape index (κ3) is 2.51. The molecule has 0 radical (unpaired) electrons. The van der Waals surface area contributed by atoms with Crippen LogP contribution in [0.3, 0.4) is 0 Å². The van der Waals surface area contributed by atoms with Gasteiger partial charge < -0.3 is 4.90 Å². The fraction of sp³-hybridized carbons (Fsp3) is 0.625. The highest BCUT2D eigenvalue weighted by atomic mass is 15.3. The van der Waals surface area contributed by atoms with Gasteiger partial charge in [-0.15, -0.1) is 0 Å². The van der Waals surface area contributed by atoms with E-state index in [0.717, 1.165) is 49.2 Å². The van der Waals surface area contributed by atoms with Crippen molar-refractivity contribution in [2.75, 3.05) is 31.1 Å². The van der Waals surface area contributed by atoms with Crippen LogP contribution in [0.15, 0.2) is 12.3 Å². The summed E-state index contributed by atoms with van der Waals surface area (Å²) in [6, 6.07) is 5.03.